The van der Waals surface area contributed by atoms with E-state index >= 15 is 0 Å². The van der Waals surface area contributed by atoms with Crippen LogP contribution in [0.2, 0.25) is 0 Å². The first-order chi connectivity index (χ1) is 8.42. The number of hydrogen-bond donors (Lipinski definition) is 1. The fourth-order valence-corrected chi connectivity index (χ4v) is 3.65. The molecule has 0 bridgehead atoms. The van der Waals surface area contributed by atoms with E-state index in [4.69, 9.17) is 0 Å². The van der Waals surface area contributed by atoms with Gasteiger partial charge in [-0.25, -0.2) is 12.7 Å². The Hall–Kier alpha value is -0.170. The van der Waals surface area contributed by atoms with Crippen LogP contribution in [0.4, 0.5) is 0 Å². The number of rotatable bonds is 7. The third kappa shape index (κ3) is 5.65. The van der Waals surface area contributed by atoms with Crippen molar-refractivity contribution in [2.24, 2.45) is 0 Å². The second-order valence-corrected chi connectivity index (χ2v) is 7.52. The van der Waals surface area contributed by atoms with Gasteiger partial charge in [-0.2, -0.15) is 0 Å². The molecule has 6 heteroatoms. The summed E-state index contributed by atoms with van der Waals surface area (Å²) < 4.78 is 25.8. The average Bonchev–Trinajstić information content (AvgIpc) is 2.29. The Morgan fingerprint density at radius 3 is 2.44 bits per heavy atom. The predicted molar refractivity (Wildman–Crippen MR) is 75.2 cm³/mol. The van der Waals surface area contributed by atoms with E-state index in [9.17, 15) is 8.42 Å². The molecule has 0 aliphatic carbocycles. The molecule has 0 saturated carbocycles. The van der Waals surface area contributed by atoms with Crippen LogP contribution < -0.4 is 5.32 Å². The van der Waals surface area contributed by atoms with Gasteiger partial charge in [-0.3, -0.25) is 0 Å². The molecule has 18 heavy (non-hydrogen) atoms. The van der Waals surface area contributed by atoms with E-state index in [1.54, 1.807) is 7.05 Å². The molecular formula is C12H27N3O2S. The van der Waals surface area contributed by atoms with Gasteiger partial charge in [0.2, 0.25) is 10.0 Å². The van der Waals surface area contributed by atoms with Crippen LogP contribution in [0, 0.1) is 0 Å². The molecule has 1 aliphatic heterocycles. The summed E-state index contributed by atoms with van der Waals surface area (Å²) in [5, 5.41) is 3.29. The maximum atomic E-state index is 12.1. The molecule has 1 rings (SSSR count). The van der Waals surface area contributed by atoms with E-state index in [2.05, 4.69) is 10.2 Å². The lowest BCUT2D eigenvalue weighted by atomic mass is 10.1. The van der Waals surface area contributed by atoms with E-state index in [-0.39, 0.29) is 11.8 Å². The molecule has 0 aromatic rings. The number of piperidine rings is 1. The Bertz CT molecular complexity index is 324. The van der Waals surface area contributed by atoms with Crippen molar-refractivity contribution in [2.45, 2.75) is 31.7 Å². The van der Waals surface area contributed by atoms with Crippen molar-refractivity contribution in [2.75, 3.05) is 46.5 Å². The summed E-state index contributed by atoms with van der Waals surface area (Å²) in [6.07, 6.45) is 4.15. The molecular weight excluding hydrogens is 250 g/mol. The molecule has 1 fully saturated rings. The lowest BCUT2D eigenvalue weighted by molar-refractivity contribution is 0.366. The summed E-state index contributed by atoms with van der Waals surface area (Å²) in [5.41, 5.74) is 0. The zero-order valence-electron chi connectivity index (χ0n) is 11.9. The quantitative estimate of drug-likeness (QED) is 0.729. The van der Waals surface area contributed by atoms with E-state index in [1.807, 2.05) is 14.1 Å². The van der Waals surface area contributed by atoms with Crippen LogP contribution in [0.3, 0.4) is 0 Å². The first-order valence-corrected chi connectivity index (χ1v) is 8.35. The van der Waals surface area contributed by atoms with Crippen LogP contribution in [-0.2, 0) is 10.0 Å². The molecule has 1 N–H and O–H groups in total. The van der Waals surface area contributed by atoms with Crippen molar-refractivity contribution in [1.29, 1.82) is 0 Å². The van der Waals surface area contributed by atoms with Gasteiger partial charge >= 0.3 is 0 Å². The molecule has 1 saturated heterocycles. The molecule has 0 aromatic carbocycles. The van der Waals surface area contributed by atoms with Crippen LogP contribution in [0.1, 0.15) is 25.7 Å². The first kappa shape index (κ1) is 15.9. The summed E-state index contributed by atoms with van der Waals surface area (Å²) in [7, 11) is 2.58. The summed E-state index contributed by atoms with van der Waals surface area (Å²) in [6, 6.07) is 0.139. The minimum atomic E-state index is -3.11. The number of nitrogens with one attached hydrogen (secondary N) is 1. The zero-order chi connectivity index (χ0) is 13.6. The summed E-state index contributed by atoms with van der Waals surface area (Å²) in [5.74, 6) is 0.242. The molecule has 1 unspecified atom stereocenters. The summed E-state index contributed by atoms with van der Waals surface area (Å²) >= 11 is 0. The molecule has 0 radical (unpaired) electrons. The molecule has 0 amide bonds. The van der Waals surface area contributed by atoms with E-state index < -0.39 is 10.0 Å². The van der Waals surface area contributed by atoms with Gasteiger partial charge in [0.25, 0.3) is 0 Å². The minimum absolute atomic E-state index is 0.139. The Morgan fingerprint density at radius 2 is 1.89 bits per heavy atom. The average molecular weight is 277 g/mol. The molecule has 0 aromatic heterocycles. The first-order valence-electron chi connectivity index (χ1n) is 6.74. The van der Waals surface area contributed by atoms with Crippen molar-refractivity contribution in [3.63, 3.8) is 0 Å². The van der Waals surface area contributed by atoms with E-state index in [0.717, 1.165) is 38.8 Å². The van der Waals surface area contributed by atoms with Gasteiger partial charge in [0.15, 0.2) is 0 Å². The zero-order valence-corrected chi connectivity index (χ0v) is 12.7. The van der Waals surface area contributed by atoms with Crippen molar-refractivity contribution in [3.05, 3.63) is 0 Å². The molecule has 108 valence electrons. The SMILES string of the molecule is CN(C)CCCN(C)S(=O)(=O)CC1CCCCN1. The standard InChI is InChI=1S/C12H27N3O2S/c1-14(2)9-6-10-15(3)18(16,17)11-12-7-4-5-8-13-12/h12-13H,4-11H2,1-3H3. The third-order valence-corrected chi connectivity index (χ3v) is 5.33. The predicted octanol–water partition coefficient (Wildman–Crippen LogP) is 0.342. The maximum absolute atomic E-state index is 12.1. The normalized spacial score (nSPS) is 21.7. The number of hydrogen-bond acceptors (Lipinski definition) is 4. The fourth-order valence-electron chi connectivity index (χ4n) is 2.20. The lowest BCUT2D eigenvalue weighted by Gasteiger charge is -2.26. The number of sulfonamides is 1. The van der Waals surface area contributed by atoms with Crippen LogP contribution >= 0.6 is 0 Å². The minimum Gasteiger partial charge on any atom is -0.313 e. The van der Waals surface area contributed by atoms with Gasteiger partial charge in [-0.15, -0.1) is 0 Å². The second kappa shape index (κ2) is 7.43. The highest BCUT2D eigenvalue weighted by Gasteiger charge is 2.24. The molecule has 0 spiro atoms. The van der Waals surface area contributed by atoms with E-state index in [1.165, 1.54) is 4.31 Å². The van der Waals surface area contributed by atoms with E-state index in [0.29, 0.717) is 6.54 Å². The highest BCUT2D eigenvalue weighted by atomic mass is 32.2. The fraction of sp³-hybridized carbons (Fsp3) is 1.00. The number of nitrogens with zero attached hydrogens (tertiary/aromatic N) is 2. The summed E-state index contributed by atoms with van der Waals surface area (Å²) in [6.45, 7) is 2.47. The molecule has 1 atom stereocenters. The second-order valence-electron chi connectivity index (χ2n) is 5.40. The maximum Gasteiger partial charge on any atom is 0.215 e. The Balaban J connectivity index is 2.36. The van der Waals surface area contributed by atoms with Crippen molar-refractivity contribution >= 4 is 10.0 Å². The Kier molecular flexibility index (Phi) is 6.55. The Morgan fingerprint density at radius 1 is 1.17 bits per heavy atom. The van der Waals surface area contributed by atoms with Gasteiger partial charge in [-0.05, 0) is 46.4 Å². The van der Waals surface area contributed by atoms with Crippen LogP contribution in [0.15, 0.2) is 0 Å². The van der Waals surface area contributed by atoms with Gasteiger partial charge in [-0.1, -0.05) is 6.42 Å². The highest BCUT2D eigenvalue weighted by molar-refractivity contribution is 7.89. The van der Waals surface area contributed by atoms with Crippen molar-refractivity contribution < 1.29 is 8.42 Å². The van der Waals surface area contributed by atoms with Gasteiger partial charge in [0.05, 0.1) is 5.75 Å². The van der Waals surface area contributed by atoms with Crippen LogP contribution in [0.25, 0.3) is 0 Å². The Labute approximate surface area is 112 Å². The molecule has 1 aliphatic rings. The van der Waals surface area contributed by atoms with Gasteiger partial charge in [0.1, 0.15) is 0 Å². The van der Waals surface area contributed by atoms with Crippen LogP contribution in [0.5, 0.6) is 0 Å². The molecule has 1 heterocycles. The third-order valence-electron chi connectivity index (χ3n) is 3.38. The van der Waals surface area contributed by atoms with Gasteiger partial charge < -0.3 is 10.2 Å². The molecule has 5 nitrogen and oxygen atoms in total. The van der Waals surface area contributed by atoms with Crippen LogP contribution in [-0.4, -0.2) is 70.2 Å². The van der Waals surface area contributed by atoms with Gasteiger partial charge in [0, 0.05) is 19.6 Å². The topological polar surface area (TPSA) is 52.7 Å². The highest BCUT2D eigenvalue weighted by Crippen LogP contribution is 2.11. The summed E-state index contributed by atoms with van der Waals surface area (Å²) in [4.78, 5) is 2.07. The van der Waals surface area contributed by atoms with Crippen molar-refractivity contribution in [1.82, 2.24) is 14.5 Å². The lowest BCUT2D eigenvalue weighted by Crippen LogP contribution is -2.43. The monoisotopic (exact) mass is 277 g/mol. The largest absolute Gasteiger partial charge is 0.313 e. The smallest absolute Gasteiger partial charge is 0.215 e. The van der Waals surface area contributed by atoms with Crippen molar-refractivity contribution in [3.8, 4) is 0 Å².